The number of aromatic nitrogens is 2. The number of halogens is 1. The standard InChI is InChI=1S/C21H31ClN4O2S/c1-6-15(10-19(27)28)16-7-8-18(26(11-13(2)3)12-14(4)5)17(9-16)23-21-24-20(22)25-29-21/h7-9,13-15H,6,10-12H2,1-5H3,(H,27,28)(H,23,24,25). The zero-order valence-corrected chi connectivity index (χ0v) is 19.3. The summed E-state index contributed by atoms with van der Waals surface area (Å²) in [5, 5.41) is 13.5. The fourth-order valence-corrected chi connectivity index (χ4v) is 4.14. The highest BCUT2D eigenvalue weighted by atomic mass is 35.5. The minimum Gasteiger partial charge on any atom is -0.481 e. The van der Waals surface area contributed by atoms with Gasteiger partial charge in [-0.25, -0.2) is 0 Å². The van der Waals surface area contributed by atoms with Crippen LogP contribution in [-0.4, -0.2) is 33.5 Å². The van der Waals surface area contributed by atoms with Gasteiger partial charge in [0.15, 0.2) is 0 Å². The molecule has 2 N–H and O–H groups in total. The van der Waals surface area contributed by atoms with Crippen molar-refractivity contribution in [2.45, 2.75) is 53.4 Å². The zero-order valence-electron chi connectivity index (χ0n) is 17.8. The van der Waals surface area contributed by atoms with Gasteiger partial charge in [0.2, 0.25) is 10.4 Å². The summed E-state index contributed by atoms with van der Waals surface area (Å²) >= 11 is 7.11. The van der Waals surface area contributed by atoms with Crippen LogP contribution in [0.4, 0.5) is 16.5 Å². The first-order chi connectivity index (χ1) is 13.7. The molecule has 0 spiro atoms. The smallest absolute Gasteiger partial charge is 0.303 e. The van der Waals surface area contributed by atoms with E-state index in [0.29, 0.717) is 17.0 Å². The van der Waals surface area contributed by atoms with Crippen LogP contribution >= 0.6 is 23.1 Å². The van der Waals surface area contributed by atoms with E-state index in [1.54, 1.807) is 0 Å². The topological polar surface area (TPSA) is 78.4 Å². The third-order valence-corrected chi connectivity index (χ3v) is 5.46. The highest BCUT2D eigenvalue weighted by Crippen LogP contribution is 2.35. The van der Waals surface area contributed by atoms with Gasteiger partial charge < -0.3 is 15.3 Å². The quantitative estimate of drug-likeness (QED) is 0.446. The minimum absolute atomic E-state index is 0.0382. The first-order valence-corrected chi connectivity index (χ1v) is 11.2. The van der Waals surface area contributed by atoms with Gasteiger partial charge in [0.05, 0.1) is 17.8 Å². The van der Waals surface area contributed by atoms with Crippen molar-refractivity contribution in [3.8, 4) is 0 Å². The Morgan fingerprint density at radius 1 is 1.24 bits per heavy atom. The predicted octanol–water partition coefficient (Wildman–Crippen LogP) is 6.02. The van der Waals surface area contributed by atoms with E-state index in [0.717, 1.165) is 36.4 Å². The number of carboxylic acids is 1. The maximum atomic E-state index is 11.3. The second kappa shape index (κ2) is 10.8. The van der Waals surface area contributed by atoms with E-state index < -0.39 is 5.97 Å². The van der Waals surface area contributed by atoms with Crippen LogP contribution in [0.25, 0.3) is 0 Å². The third kappa shape index (κ3) is 7.16. The molecule has 1 aromatic heterocycles. The third-order valence-electron chi connectivity index (χ3n) is 4.56. The number of nitrogens with one attached hydrogen (secondary N) is 1. The number of nitrogens with zero attached hydrogens (tertiary/aromatic N) is 3. The molecule has 1 unspecified atom stereocenters. The molecular weight excluding hydrogens is 408 g/mol. The van der Waals surface area contributed by atoms with Gasteiger partial charge in [-0.2, -0.15) is 9.36 Å². The van der Waals surface area contributed by atoms with E-state index in [4.69, 9.17) is 11.6 Å². The van der Waals surface area contributed by atoms with Crippen molar-refractivity contribution < 1.29 is 9.90 Å². The molecule has 0 saturated carbocycles. The number of aliphatic carboxylic acids is 1. The summed E-state index contributed by atoms with van der Waals surface area (Å²) in [7, 11) is 0. The van der Waals surface area contributed by atoms with Crippen molar-refractivity contribution >= 4 is 45.6 Å². The molecule has 0 aliphatic carbocycles. The molecule has 0 bridgehead atoms. The summed E-state index contributed by atoms with van der Waals surface area (Å²) in [5.41, 5.74) is 2.99. The molecule has 0 radical (unpaired) electrons. The zero-order chi connectivity index (χ0) is 21.6. The predicted molar refractivity (Wildman–Crippen MR) is 122 cm³/mol. The van der Waals surface area contributed by atoms with Crippen LogP contribution in [0.2, 0.25) is 5.28 Å². The summed E-state index contributed by atoms with van der Waals surface area (Å²) < 4.78 is 4.04. The van der Waals surface area contributed by atoms with E-state index in [9.17, 15) is 9.90 Å². The Hall–Kier alpha value is -1.86. The van der Waals surface area contributed by atoms with E-state index in [1.807, 2.05) is 6.92 Å². The van der Waals surface area contributed by atoms with Crippen molar-refractivity contribution in [3.05, 3.63) is 29.0 Å². The van der Waals surface area contributed by atoms with E-state index in [1.165, 1.54) is 11.5 Å². The monoisotopic (exact) mass is 438 g/mol. The molecule has 0 saturated heterocycles. The van der Waals surface area contributed by atoms with E-state index >= 15 is 0 Å². The molecule has 1 aromatic carbocycles. The van der Waals surface area contributed by atoms with Gasteiger partial charge in [0, 0.05) is 24.6 Å². The van der Waals surface area contributed by atoms with Gasteiger partial charge in [-0.1, -0.05) is 40.7 Å². The number of hydrogen-bond acceptors (Lipinski definition) is 6. The van der Waals surface area contributed by atoms with Gasteiger partial charge in [-0.05, 0) is 53.5 Å². The Morgan fingerprint density at radius 2 is 1.90 bits per heavy atom. The molecule has 2 rings (SSSR count). The molecule has 1 atom stereocenters. The lowest BCUT2D eigenvalue weighted by molar-refractivity contribution is -0.137. The molecule has 29 heavy (non-hydrogen) atoms. The number of rotatable bonds is 11. The van der Waals surface area contributed by atoms with Crippen molar-refractivity contribution in [2.24, 2.45) is 11.8 Å². The second-order valence-corrected chi connectivity index (χ2v) is 9.26. The fraction of sp³-hybridized carbons (Fsp3) is 0.571. The molecule has 2 aromatic rings. The lowest BCUT2D eigenvalue weighted by Crippen LogP contribution is -2.31. The Balaban J connectivity index is 2.47. The summed E-state index contributed by atoms with van der Waals surface area (Å²) in [6.45, 7) is 12.7. The van der Waals surface area contributed by atoms with Crippen molar-refractivity contribution in [1.82, 2.24) is 9.36 Å². The van der Waals surface area contributed by atoms with E-state index in [2.05, 4.69) is 65.5 Å². The van der Waals surface area contributed by atoms with Gasteiger partial charge in [-0.3, -0.25) is 4.79 Å². The number of anilines is 3. The highest BCUT2D eigenvalue weighted by molar-refractivity contribution is 7.10. The van der Waals surface area contributed by atoms with Crippen LogP contribution in [0.5, 0.6) is 0 Å². The first kappa shape index (κ1) is 23.4. The van der Waals surface area contributed by atoms with Crippen LogP contribution in [0.1, 0.15) is 58.9 Å². The second-order valence-electron chi connectivity index (χ2n) is 8.17. The minimum atomic E-state index is -0.785. The lowest BCUT2D eigenvalue weighted by Gasteiger charge is -2.31. The number of benzene rings is 1. The molecule has 1 heterocycles. The Morgan fingerprint density at radius 3 is 2.38 bits per heavy atom. The van der Waals surface area contributed by atoms with Crippen LogP contribution in [-0.2, 0) is 4.79 Å². The molecule has 0 amide bonds. The van der Waals surface area contributed by atoms with Crippen LogP contribution in [0, 0.1) is 11.8 Å². The molecule has 0 aliphatic rings. The molecule has 0 fully saturated rings. The van der Waals surface area contributed by atoms with Crippen molar-refractivity contribution in [1.29, 1.82) is 0 Å². The van der Waals surface area contributed by atoms with Gasteiger partial charge in [-0.15, -0.1) is 0 Å². The summed E-state index contributed by atoms with van der Waals surface area (Å²) in [6, 6.07) is 6.20. The van der Waals surface area contributed by atoms with Crippen molar-refractivity contribution in [3.63, 3.8) is 0 Å². The van der Waals surface area contributed by atoms with Crippen LogP contribution in [0.15, 0.2) is 18.2 Å². The molecule has 160 valence electrons. The molecule has 8 heteroatoms. The average Bonchev–Trinajstić information content (AvgIpc) is 3.03. The molecule has 6 nitrogen and oxygen atoms in total. The molecular formula is C21H31ClN4O2S. The summed E-state index contributed by atoms with van der Waals surface area (Å²) in [6.07, 6.45) is 0.874. The van der Waals surface area contributed by atoms with Gasteiger partial charge in [0.1, 0.15) is 0 Å². The van der Waals surface area contributed by atoms with Crippen LogP contribution in [0.3, 0.4) is 0 Å². The van der Waals surface area contributed by atoms with Gasteiger partial charge in [0.25, 0.3) is 0 Å². The maximum Gasteiger partial charge on any atom is 0.303 e. The summed E-state index contributed by atoms with van der Waals surface area (Å²) in [4.78, 5) is 17.9. The Bertz CT molecular complexity index is 800. The lowest BCUT2D eigenvalue weighted by atomic mass is 9.92. The number of carbonyl (C=O) groups is 1. The SMILES string of the molecule is CCC(CC(=O)O)c1ccc(N(CC(C)C)CC(C)C)c(Nc2nc(Cl)ns2)c1. The highest BCUT2D eigenvalue weighted by Gasteiger charge is 2.20. The molecule has 0 aliphatic heterocycles. The van der Waals surface area contributed by atoms with E-state index in [-0.39, 0.29) is 17.6 Å². The average molecular weight is 439 g/mol. The van der Waals surface area contributed by atoms with Crippen LogP contribution < -0.4 is 10.2 Å². The fourth-order valence-electron chi connectivity index (χ4n) is 3.42. The van der Waals surface area contributed by atoms with Gasteiger partial charge >= 0.3 is 5.97 Å². The first-order valence-electron chi connectivity index (χ1n) is 10.1. The van der Waals surface area contributed by atoms with Crippen molar-refractivity contribution in [2.75, 3.05) is 23.3 Å². The largest absolute Gasteiger partial charge is 0.481 e. The Kier molecular flexibility index (Phi) is 8.71. The number of carboxylic acid groups (broad SMARTS) is 1. The summed E-state index contributed by atoms with van der Waals surface area (Å²) in [5.74, 6) is 0.191. The number of hydrogen-bond donors (Lipinski definition) is 2. The maximum absolute atomic E-state index is 11.3. The normalized spacial score (nSPS) is 12.4. The Labute approximate surface area is 182 Å².